The van der Waals surface area contributed by atoms with Crippen molar-refractivity contribution in [3.05, 3.63) is 58.2 Å². The van der Waals surface area contributed by atoms with Crippen LogP contribution in [-0.4, -0.2) is 52.1 Å². The van der Waals surface area contributed by atoms with Gasteiger partial charge in [0.15, 0.2) is 0 Å². The fraction of sp³-hybridized carbons (Fsp3) is 0.455. The van der Waals surface area contributed by atoms with Gasteiger partial charge in [0.05, 0.1) is 25.5 Å². The van der Waals surface area contributed by atoms with E-state index in [1.54, 1.807) is 0 Å². The third kappa shape index (κ3) is 4.79. The molecule has 0 radical (unpaired) electrons. The molecule has 0 spiro atoms. The molecule has 2 fully saturated rings. The van der Waals surface area contributed by atoms with Crippen LogP contribution in [0.25, 0.3) is 5.65 Å². The zero-order valence-corrected chi connectivity index (χ0v) is 18.1. The lowest BCUT2D eigenvalue weighted by molar-refractivity contribution is 0.0383. The first kappa shape index (κ1) is 19.0. The largest absolute Gasteiger partial charge is 0.379 e. The van der Waals surface area contributed by atoms with E-state index in [0.717, 1.165) is 72.5 Å². The first-order valence-electron chi connectivity index (χ1n) is 10.4. The molecule has 1 saturated heterocycles. The van der Waals surface area contributed by atoms with Crippen molar-refractivity contribution >= 4 is 27.3 Å². The Bertz CT molecular complexity index is 994. The summed E-state index contributed by atoms with van der Waals surface area (Å²) >= 11 is 3.56. The first-order chi connectivity index (χ1) is 14.2. The van der Waals surface area contributed by atoms with E-state index in [1.807, 2.05) is 6.07 Å². The Labute approximate surface area is 179 Å². The molecule has 29 heavy (non-hydrogen) atoms. The lowest BCUT2D eigenvalue weighted by Crippen LogP contribution is -2.37. The van der Waals surface area contributed by atoms with Gasteiger partial charge in [-0.2, -0.15) is 0 Å². The van der Waals surface area contributed by atoms with E-state index >= 15 is 0 Å². The number of nitrogens with zero attached hydrogens (tertiary/aromatic N) is 4. The number of pyridine rings is 2. The number of hydrogen-bond acceptors (Lipinski definition) is 5. The maximum atomic E-state index is 5.42. The Morgan fingerprint density at radius 1 is 1.07 bits per heavy atom. The molecule has 1 saturated carbocycles. The van der Waals surface area contributed by atoms with Crippen LogP contribution < -0.4 is 5.32 Å². The van der Waals surface area contributed by atoms with Crippen molar-refractivity contribution in [3.8, 4) is 0 Å². The topological polar surface area (TPSA) is 54.7 Å². The van der Waals surface area contributed by atoms with Crippen molar-refractivity contribution in [2.45, 2.75) is 31.7 Å². The summed E-state index contributed by atoms with van der Waals surface area (Å²) in [6.07, 6.45) is 7.94. The van der Waals surface area contributed by atoms with Gasteiger partial charge in [0.2, 0.25) is 0 Å². The highest BCUT2D eigenvalue weighted by Gasteiger charge is 2.23. The fourth-order valence-electron chi connectivity index (χ4n) is 3.88. The first-order valence-corrected chi connectivity index (χ1v) is 11.2. The van der Waals surface area contributed by atoms with Crippen LogP contribution in [-0.2, 0) is 17.7 Å². The standard InChI is InChI=1S/C22H26BrN5O/c23-21-12-19(11-18(25-21)5-6-27-7-9-29-10-8-27)24-13-20-15-28-14-17(16-1-2-16)3-4-22(28)26-20/h3-4,11-12,14-16H,1-2,5-10,13H2,(H,24,25). The lowest BCUT2D eigenvalue weighted by atomic mass is 10.2. The second-order valence-corrected chi connectivity index (χ2v) is 8.77. The summed E-state index contributed by atoms with van der Waals surface area (Å²) in [5, 5.41) is 3.51. The molecule has 0 atom stereocenters. The van der Waals surface area contributed by atoms with Gasteiger partial charge in [-0.3, -0.25) is 4.90 Å². The van der Waals surface area contributed by atoms with Crippen LogP contribution >= 0.6 is 15.9 Å². The van der Waals surface area contributed by atoms with E-state index in [1.165, 1.54) is 18.4 Å². The van der Waals surface area contributed by atoms with Crippen molar-refractivity contribution in [2.24, 2.45) is 0 Å². The summed E-state index contributed by atoms with van der Waals surface area (Å²) < 4.78 is 8.44. The Morgan fingerprint density at radius 3 is 2.76 bits per heavy atom. The Morgan fingerprint density at radius 2 is 1.93 bits per heavy atom. The molecule has 1 aliphatic heterocycles. The van der Waals surface area contributed by atoms with Gasteiger partial charge in [0.1, 0.15) is 10.3 Å². The zero-order chi connectivity index (χ0) is 19.6. The fourth-order valence-corrected chi connectivity index (χ4v) is 4.35. The van der Waals surface area contributed by atoms with Crippen molar-refractivity contribution in [2.75, 3.05) is 38.2 Å². The molecule has 2 aliphatic rings. The summed E-state index contributed by atoms with van der Waals surface area (Å²) in [5.74, 6) is 0.758. The second kappa shape index (κ2) is 8.42. The predicted octanol–water partition coefficient (Wildman–Crippen LogP) is 3.86. The van der Waals surface area contributed by atoms with Crippen LogP contribution in [0.5, 0.6) is 0 Å². The molecule has 3 aromatic rings. The van der Waals surface area contributed by atoms with E-state index in [-0.39, 0.29) is 0 Å². The number of morpholine rings is 1. The van der Waals surface area contributed by atoms with Gasteiger partial charge in [0, 0.05) is 49.8 Å². The summed E-state index contributed by atoms with van der Waals surface area (Å²) in [7, 11) is 0. The minimum absolute atomic E-state index is 0.694. The van der Waals surface area contributed by atoms with Crippen LogP contribution in [0.15, 0.2) is 41.3 Å². The van der Waals surface area contributed by atoms with Crippen molar-refractivity contribution in [1.29, 1.82) is 0 Å². The van der Waals surface area contributed by atoms with E-state index in [0.29, 0.717) is 6.54 Å². The Hall–Kier alpha value is -1.96. The molecule has 7 heteroatoms. The number of nitrogens with one attached hydrogen (secondary N) is 1. The molecule has 1 aliphatic carbocycles. The third-order valence-electron chi connectivity index (χ3n) is 5.68. The van der Waals surface area contributed by atoms with Crippen LogP contribution in [0.3, 0.4) is 0 Å². The number of rotatable bonds is 7. The lowest BCUT2D eigenvalue weighted by Gasteiger charge is -2.26. The highest BCUT2D eigenvalue weighted by Crippen LogP contribution is 2.39. The minimum atomic E-state index is 0.694. The number of hydrogen-bond donors (Lipinski definition) is 1. The van der Waals surface area contributed by atoms with Gasteiger partial charge >= 0.3 is 0 Å². The van der Waals surface area contributed by atoms with Gasteiger partial charge < -0.3 is 14.5 Å². The Kier molecular flexibility index (Phi) is 5.52. The molecule has 0 unspecified atom stereocenters. The number of ether oxygens (including phenoxy) is 1. The number of halogens is 1. The van der Waals surface area contributed by atoms with Gasteiger partial charge in [-0.25, -0.2) is 9.97 Å². The van der Waals surface area contributed by atoms with Crippen LogP contribution in [0.4, 0.5) is 5.69 Å². The number of imidazole rings is 1. The van der Waals surface area contributed by atoms with Crippen LogP contribution in [0.2, 0.25) is 0 Å². The molecule has 6 nitrogen and oxygen atoms in total. The van der Waals surface area contributed by atoms with Crippen molar-refractivity contribution in [1.82, 2.24) is 19.3 Å². The van der Waals surface area contributed by atoms with E-state index in [9.17, 15) is 0 Å². The monoisotopic (exact) mass is 455 g/mol. The summed E-state index contributed by atoms with van der Waals surface area (Å²) in [6.45, 7) is 5.40. The third-order valence-corrected chi connectivity index (χ3v) is 6.09. The number of fused-ring (bicyclic) bond motifs is 1. The molecular weight excluding hydrogens is 430 g/mol. The molecule has 152 valence electrons. The molecule has 5 rings (SSSR count). The smallest absolute Gasteiger partial charge is 0.137 e. The maximum absolute atomic E-state index is 5.42. The predicted molar refractivity (Wildman–Crippen MR) is 117 cm³/mol. The number of aromatic nitrogens is 3. The van der Waals surface area contributed by atoms with Gasteiger partial charge in [-0.15, -0.1) is 0 Å². The molecule has 1 N–H and O–H groups in total. The van der Waals surface area contributed by atoms with Gasteiger partial charge in [0.25, 0.3) is 0 Å². The highest BCUT2D eigenvalue weighted by molar-refractivity contribution is 9.10. The van der Waals surface area contributed by atoms with Crippen LogP contribution in [0.1, 0.15) is 35.7 Å². The molecule has 4 heterocycles. The van der Waals surface area contributed by atoms with E-state index in [4.69, 9.17) is 9.72 Å². The van der Waals surface area contributed by atoms with Gasteiger partial charge in [-0.05, 0) is 58.5 Å². The molecule has 0 aromatic carbocycles. The summed E-state index contributed by atoms with van der Waals surface area (Å²) in [4.78, 5) is 11.8. The summed E-state index contributed by atoms with van der Waals surface area (Å²) in [6, 6.07) is 8.52. The molecule has 0 amide bonds. The molecule has 0 bridgehead atoms. The second-order valence-electron chi connectivity index (χ2n) is 7.96. The van der Waals surface area contributed by atoms with Gasteiger partial charge in [-0.1, -0.05) is 6.07 Å². The van der Waals surface area contributed by atoms with E-state index in [2.05, 4.69) is 66.1 Å². The average molecular weight is 456 g/mol. The van der Waals surface area contributed by atoms with Crippen molar-refractivity contribution < 1.29 is 4.74 Å². The molecule has 3 aromatic heterocycles. The van der Waals surface area contributed by atoms with E-state index < -0.39 is 0 Å². The summed E-state index contributed by atoms with van der Waals surface area (Å²) in [5.41, 5.74) is 5.64. The normalized spacial score (nSPS) is 17.7. The van der Waals surface area contributed by atoms with Crippen LogP contribution in [0, 0.1) is 0 Å². The Balaban J connectivity index is 1.23. The maximum Gasteiger partial charge on any atom is 0.137 e. The number of anilines is 1. The average Bonchev–Trinajstić information content (AvgIpc) is 3.50. The van der Waals surface area contributed by atoms with Crippen molar-refractivity contribution in [3.63, 3.8) is 0 Å². The minimum Gasteiger partial charge on any atom is -0.379 e. The quantitative estimate of drug-likeness (QED) is 0.548. The molecular formula is C22H26BrN5O. The highest BCUT2D eigenvalue weighted by atomic mass is 79.9. The zero-order valence-electron chi connectivity index (χ0n) is 16.5. The SMILES string of the molecule is Brc1cc(NCc2cn3cc(C4CC4)ccc3n2)cc(CCN2CCOCC2)n1.